The molecule has 0 bridgehead atoms. The third-order valence-corrected chi connectivity index (χ3v) is 5.94. The number of hydrogen-bond donors (Lipinski definition) is 0. The smallest absolute Gasteiger partial charge is 0.263 e. The van der Waals surface area contributed by atoms with Crippen LogP contribution in [0, 0.1) is 0 Å². The normalized spacial score (nSPS) is 12.2. The number of thiophene rings is 2. The highest BCUT2D eigenvalue weighted by atomic mass is 32.1. The van der Waals surface area contributed by atoms with E-state index < -0.39 is 0 Å². The van der Waals surface area contributed by atoms with Gasteiger partial charge in [0.2, 0.25) is 0 Å². The standard InChI is InChI=1S/C20H18N4O2S2/c1-13(2)22-16-7-3-4-8-24(16)17(25)10-23-12-21-19-18(20(23)26)14(11-28-19)15-6-5-9-27-15/h3-9,11-13H,10H2,1-2H3. The number of nitrogens with zero attached hydrogens (tertiary/aromatic N) is 4. The van der Waals surface area contributed by atoms with Crippen molar-refractivity contribution in [2.24, 2.45) is 4.99 Å². The fourth-order valence-corrected chi connectivity index (χ4v) is 4.65. The van der Waals surface area contributed by atoms with Crippen LogP contribution in [0.25, 0.3) is 20.7 Å². The molecule has 0 atom stereocenters. The number of aromatic nitrogens is 3. The fraction of sp³-hybridized carbons (Fsp3) is 0.200. The van der Waals surface area contributed by atoms with Crippen molar-refractivity contribution in [1.82, 2.24) is 14.1 Å². The first-order chi connectivity index (χ1) is 13.5. The first-order valence-corrected chi connectivity index (χ1v) is 10.6. The van der Waals surface area contributed by atoms with Crippen LogP contribution in [0.15, 0.2) is 63.4 Å². The van der Waals surface area contributed by atoms with E-state index in [1.165, 1.54) is 26.8 Å². The van der Waals surface area contributed by atoms with Crippen molar-refractivity contribution in [1.29, 1.82) is 0 Å². The Bertz CT molecular complexity index is 1260. The maximum atomic E-state index is 13.1. The fourth-order valence-electron chi connectivity index (χ4n) is 2.93. The highest BCUT2D eigenvalue weighted by Gasteiger charge is 2.16. The second kappa shape index (κ2) is 7.65. The van der Waals surface area contributed by atoms with Crippen LogP contribution < -0.4 is 11.0 Å². The number of pyridine rings is 1. The lowest BCUT2D eigenvalue weighted by molar-refractivity contribution is 0.0884. The molecule has 0 amide bonds. The maximum Gasteiger partial charge on any atom is 0.263 e. The van der Waals surface area contributed by atoms with Gasteiger partial charge in [0.25, 0.3) is 11.5 Å². The van der Waals surface area contributed by atoms with E-state index in [2.05, 4.69) is 9.98 Å². The molecule has 8 heteroatoms. The minimum absolute atomic E-state index is 0.0568. The lowest BCUT2D eigenvalue weighted by Gasteiger charge is -2.09. The molecule has 0 aliphatic carbocycles. The summed E-state index contributed by atoms with van der Waals surface area (Å²) in [7, 11) is 0. The summed E-state index contributed by atoms with van der Waals surface area (Å²) in [5.41, 5.74) is 1.23. The highest BCUT2D eigenvalue weighted by molar-refractivity contribution is 7.18. The molecular formula is C20H18N4O2S2. The zero-order valence-electron chi connectivity index (χ0n) is 15.4. The summed E-state index contributed by atoms with van der Waals surface area (Å²) >= 11 is 3.01. The summed E-state index contributed by atoms with van der Waals surface area (Å²) in [6, 6.07) is 9.39. The summed E-state index contributed by atoms with van der Waals surface area (Å²) < 4.78 is 2.85. The number of carbonyl (C=O) groups excluding carboxylic acids is 1. The monoisotopic (exact) mass is 410 g/mol. The lowest BCUT2D eigenvalue weighted by atomic mass is 10.2. The van der Waals surface area contributed by atoms with Gasteiger partial charge < -0.3 is 0 Å². The Kier molecular flexibility index (Phi) is 5.06. The molecule has 0 unspecified atom stereocenters. The third-order valence-electron chi connectivity index (χ3n) is 4.15. The van der Waals surface area contributed by atoms with E-state index in [0.29, 0.717) is 15.7 Å². The Labute approximate surface area is 169 Å². The van der Waals surface area contributed by atoms with Crippen LogP contribution in [0.4, 0.5) is 0 Å². The van der Waals surface area contributed by atoms with Crippen LogP contribution in [0.2, 0.25) is 0 Å². The van der Waals surface area contributed by atoms with Gasteiger partial charge >= 0.3 is 0 Å². The minimum Gasteiger partial charge on any atom is -0.289 e. The summed E-state index contributed by atoms with van der Waals surface area (Å²) in [6.45, 7) is 3.80. The van der Waals surface area contributed by atoms with E-state index in [4.69, 9.17) is 0 Å². The maximum absolute atomic E-state index is 13.1. The van der Waals surface area contributed by atoms with Gasteiger partial charge in [-0.25, -0.2) is 4.98 Å². The van der Waals surface area contributed by atoms with E-state index in [0.717, 1.165) is 10.4 Å². The average molecular weight is 411 g/mol. The molecule has 4 aromatic heterocycles. The van der Waals surface area contributed by atoms with Crippen molar-refractivity contribution in [3.05, 3.63) is 69.5 Å². The van der Waals surface area contributed by atoms with Gasteiger partial charge in [-0.1, -0.05) is 12.1 Å². The predicted octanol–water partition coefficient (Wildman–Crippen LogP) is 3.64. The zero-order chi connectivity index (χ0) is 19.7. The van der Waals surface area contributed by atoms with Crippen molar-refractivity contribution in [2.45, 2.75) is 26.4 Å². The van der Waals surface area contributed by atoms with E-state index in [-0.39, 0.29) is 24.1 Å². The quantitative estimate of drug-likeness (QED) is 0.516. The van der Waals surface area contributed by atoms with E-state index in [1.54, 1.807) is 29.7 Å². The Hall–Kier alpha value is -2.84. The van der Waals surface area contributed by atoms with Gasteiger partial charge in [0.15, 0.2) is 0 Å². The van der Waals surface area contributed by atoms with Gasteiger partial charge in [-0.2, -0.15) is 0 Å². The molecule has 6 nitrogen and oxygen atoms in total. The largest absolute Gasteiger partial charge is 0.289 e. The molecule has 0 saturated heterocycles. The van der Waals surface area contributed by atoms with Gasteiger partial charge in [-0.3, -0.25) is 23.7 Å². The molecule has 0 aliphatic rings. The highest BCUT2D eigenvalue weighted by Crippen LogP contribution is 2.33. The summed E-state index contributed by atoms with van der Waals surface area (Å²) in [6.07, 6.45) is 3.11. The van der Waals surface area contributed by atoms with Crippen molar-refractivity contribution in [3.8, 4) is 10.4 Å². The van der Waals surface area contributed by atoms with Gasteiger partial charge in [-0.15, -0.1) is 22.7 Å². The van der Waals surface area contributed by atoms with Gasteiger partial charge in [0.05, 0.1) is 11.7 Å². The predicted molar refractivity (Wildman–Crippen MR) is 113 cm³/mol. The van der Waals surface area contributed by atoms with Crippen molar-refractivity contribution in [3.63, 3.8) is 0 Å². The lowest BCUT2D eigenvalue weighted by Crippen LogP contribution is -2.33. The van der Waals surface area contributed by atoms with Crippen molar-refractivity contribution >= 4 is 38.8 Å². The second-order valence-electron chi connectivity index (χ2n) is 6.53. The molecule has 0 fully saturated rings. The summed E-state index contributed by atoms with van der Waals surface area (Å²) in [5.74, 6) is -0.240. The first kappa shape index (κ1) is 18.5. The van der Waals surface area contributed by atoms with Gasteiger partial charge in [0.1, 0.15) is 16.9 Å². The zero-order valence-corrected chi connectivity index (χ0v) is 17.0. The molecule has 142 valence electrons. The minimum atomic E-state index is -0.240. The second-order valence-corrected chi connectivity index (χ2v) is 8.34. The molecule has 0 N–H and O–H groups in total. The topological polar surface area (TPSA) is 69.2 Å². The number of rotatable bonds is 4. The molecule has 4 rings (SSSR count). The van der Waals surface area contributed by atoms with E-state index in [9.17, 15) is 9.59 Å². The van der Waals surface area contributed by atoms with Crippen LogP contribution in [-0.2, 0) is 6.54 Å². The number of fused-ring (bicyclic) bond motifs is 1. The molecule has 28 heavy (non-hydrogen) atoms. The molecule has 4 aromatic rings. The van der Waals surface area contributed by atoms with Crippen LogP contribution in [0.3, 0.4) is 0 Å². The average Bonchev–Trinajstić information content (AvgIpc) is 3.33. The first-order valence-electron chi connectivity index (χ1n) is 8.80. The summed E-state index contributed by atoms with van der Waals surface area (Å²) in [5, 5.41) is 4.49. The molecule has 0 aromatic carbocycles. The Balaban J connectivity index is 1.76. The SMILES string of the molecule is CC(C)N=c1ccccn1C(=O)Cn1cnc2scc(-c3cccs3)c2c1=O. The third kappa shape index (κ3) is 3.48. The van der Waals surface area contributed by atoms with Crippen LogP contribution in [0.1, 0.15) is 18.6 Å². The van der Waals surface area contributed by atoms with Gasteiger partial charge in [-0.05, 0) is 37.4 Å². The molecule has 0 saturated carbocycles. The summed E-state index contributed by atoms with van der Waals surface area (Å²) in [4.78, 5) is 36.5. The Morgan fingerprint density at radius 1 is 1.21 bits per heavy atom. The molecule has 0 aliphatic heterocycles. The van der Waals surface area contributed by atoms with Crippen molar-refractivity contribution in [2.75, 3.05) is 0 Å². The molecule has 4 heterocycles. The van der Waals surface area contributed by atoms with E-state index >= 15 is 0 Å². The Morgan fingerprint density at radius 2 is 2.07 bits per heavy atom. The molecular weight excluding hydrogens is 392 g/mol. The van der Waals surface area contributed by atoms with Crippen LogP contribution in [0.5, 0.6) is 0 Å². The number of hydrogen-bond acceptors (Lipinski definition) is 6. The van der Waals surface area contributed by atoms with Crippen molar-refractivity contribution < 1.29 is 4.79 Å². The molecule has 0 radical (unpaired) electrons. The van der Waals surface area contributed by atoms with Crippen LogP contribution >= 0.6 is 22.7 Å². The molecule has 0 spiro atoms. The van der Waals surface area contributed by atoms with Crippen LogP contribution in [-0.4, -0.2) is 26.1 Å². The van der Waals surface area contributed by atoms with Gasteiger partial charge in [0, 0.05) is 28.1 Å². The number of carbonyl (C=O) groups is 1. The van der Waals surface area contributed by atoms with E-state index in [1.807, 2.05) is 42.8 Å². The Morgan fingerprint density at radius 3 is 2.82 bits per heavy atom.